The number of carbonyl (C=O) groups excluding carboxylic acids is 4. The van der Waals surface area contributed by atoms with Gasteiger partial charge < -0.3 is 48.1 Å². The molecule has 0 bridgehead atoms. The van der Waals surface area contributed by atoms with Crippen LogP contribution in [0.2, 0.25) is 0 Å². The molecule has 0 heterocycles. The van der Waals surface area contributed by atoms with Gasteiger partial charge in [0.05, 0.1) is 37.6 Å². The Morgan fingerprint density at radius 3 is 1.19 bits per heavy atom. The van der Waals surface area contributed by atoms with Gasteiger partial charge in [-0.2, -0.15) is 0 Å². The highest BCUT2D eigenvalue weighted by atomic mass is 16.6. The SMILES string of the molecule is C=CC(=O)OCC(O)COCCCCOc1ccc(C(=O)O[C@H](c2ccccc2)[C@H](OC(=O)c2ccc(OCCCCOCC(O)COC(=O)C=C)cc2)c2ccccc2)cc1. The quantitative estimate of drug-likeness (QED) is 0.0254. The molecule has 4 aromatic carbocycles. The largest absolute Gasteiger partial charge is 0.494 e. The summed E-state index contributed by atoms with van der Waals surface area (Å²) in [6, 6.07) is 31.2. The Morgan fingerprint density at radius 2 is 0.839 bits per heavy atom. The van der Waals surface area contributed by atoms with Crippen molar-refractivity contribution in [3.05, 3.63) is 157 Å². The number of rotatable bonds is 29. The molecule has 0 amide bonds. The van der Waals surface area contributed by atoms with Crippen molar-refractivity contribution in [3.8, 4) is 11.5 Å². The Kier molecular flexibility index (Phi) is 21.5. The first-order valence-electron chi connectivity index (χ1n) is 20.2. The van der Waals surface area contributed by atoms with Gasteiger partial charge in [0.1, 0.15) is 36.9 Å². The summed E-state index contributed by atoms with van der Waals surface area (Å²) in [5, 5.41) is 19.6. The van der Waals surface area contributed by atoms with Crippen LogP contribution in [-0.4, -0.2) is 99.2 Å². The summed E-state index contributed by atoms with van der Waals surface area (Å²) in [4.78, 5) is 49.6. The number of aliphatic hydroxyl groups is 2. The van der Waals surface area contributed by atoms with Gasteiger partial charge >= 0.3 is 23.9 Å². The molecule has 4 rings (SSSR count). The van der Waals surface area contributed by atoms with Crippen molar-refractivity contribution in [1.29, 1.82) is 0 Å². The van der Waals surface area contributed by atoms with Crippen molar-refractivity contribution in [2.24, 2.45) is 0 Å². The Labute approximate surface area is 361 Å². The molecule has 0 aliphatic rings. The van der Waals surface area contributed by atoms with Crippen LogP contribution in [0.15, 0.2) is 135 Å². The van der Waals surface area contributed by atoms with Gasteiger partial charge in [-0.25, -0.2) is 19.2 Å². The van der Waals surface area contributed by atoms with Crippen molar-refractivity contribution in [2.75, 3.05) is 52.9 Å². The van der Waals surface area contributed by atoms with E-state index in [2.05, 4.69) is 13.2 Å². The van der Waals surface area contributed by atoms with E-state index in [0.29, 0.717) is 74.7 Å². The molecule has 2 N–H and O–H groups in total. The lowest BCUT2D eigenvalue weighted by Crippen LogP contribution is -2.23. The molecule has 14 heteroatoms. The van der Waals surface area contributed by atoms with Crippen molar-refractivity contribution < 1.29 is 67.3 Å². The number of hydrogen-bond donors (Lipinski definition) is 2. The Morgan fingerprint density at radius 1 is 0.484 bits per heavy atom. The van der Waals surface area contributed by atoms with Gasteiger partial charge in [-0.1, -0.05) is 73.8 Å². The molecule has 4 atom stereocenters. The fraction of sp³-hybridized carbons (Fsp3) is 0.333. The smallest absolute Gasteiger partial charge is 0.338 e. The normalized spacial score (nSPS) is 12.7. The van der Waals surface area contributed by atoms with Crippen LogP contribution in [0.3, 0.4) is 0 Å². The molecule has 330 valence electrons. The molecular formula is C48H54O14. The lowest BCUT2D eigenvalue weighted by Gasteiger charge is -2.28. The number of esters is 4. The molecule has 0 fully saturated rings. The monoisotopic (exact) mass is 854 g/mol. The lowest BCUT2D eigenvalue weighted by atomic mass is 9.97. The molecule has 0 radical (unpaired) electrons. The number of ether oxygens (including phenoxy) is 8. The molecule has 4 aromatic rings. The molecule has 14 nitrogen and oxygen atoms in total. The summed E-state index contributed by atoms with van der Waals surface area (Å²) in [6.07, 6.45) is 0.859. The zero-order chi connectivity index (χ0) is 44.4. The second-order valence-electron chi connectivity index (χ2n) is 13.8. The van der Waals surface area contributed by atoms with Crippen molar-refractivity contribution in [1.82, 2.24) is 0 Å². The van der Waals surface area contributed by atoms with Crippen LogP contribution < -0.4 is 9.47 Å². The van der Waals surface area contributed by atoms with Gasteiger partial charge in [-0.3, -0.25) is 0 Å². The summed E-state index contributed by atoms with van der Waals surface area (Å²) in [5.41, 5.74) is 1.79. The zero-order valence-electron chi connectivity index (χ0n) is 34.5. The molecule has 0 aromatic heterocycles. The van der Waals surface area contributed by atoms with Crippen LogP contribution in [-0.2, 0) is 38.0 Å². The third-order valence-electron chi connectivity index (χ3n) is 8.87. The van der Waals surface area contributed by atoms with Gasteiger partial charge in [-0.05, 0) is 85.3 Å². The maximum Gasteiger partial charge on any atom is 0.338 e. The standard InChI is InChI=1S/C48H54O14/c1-3-43(51)59-33-39(49)31-55-27-11-13-29-57-41-23-19-37(20-24-41)47(53)61-45(35-15-7-5-8-16-35)46(36-17-9-6-10-18-36)62-48(54)38-21-25-42(26-22-38)58-30-14-12-28-56-32-40(50)34-60-44(52)4-2/h3-10,15-26,39-40,45-46,49-50H,1-2,11-14,27-34H2/t39?,40?,45-,46-/m1/s1. The summed E-state index contributed by atoms with van der Waals surface area (Å²) < 4.78 is 44.4. The average Bonchev–Trinajstić information content (AvgIpc) is 3.31. The van der Waals surface area contributed by atoms with Crippen molar-refractivity contribution in [2.45, 2.75) is 50.1 Å². The number of aliphatic hydroxyl groups excluding tert-OH is 2. The van der Waals surface area contributed by atoms with Crippen LogP contribution in [0.25, 0.3) is 0 Å². The van der Waals surface area contributed by atoms with Gasteiger partial charge in [0.25, 0.3) is 0 Å². The summed E-state index contributed by atoms with van der Waals surface area (Å²) in [6.45, 7) is 7.89. The summed E-state index contributed by atoms with van der Waals surface area (Å²) in [5.74, 6) is -1.36. The van der Waals surface area contributed by atoms with E-state index in [1.165, 1.54) is 0 Å². The van der Waals surface area contributed by atoms with Gasteiger partial charge in [0, 0.05) is 25.4 Å². The summed E-state index contributed by atoms with van der Waals surface area (Å²) in [7, 11) is 0. The predicted octanol–water partition coefficient (Wildman–Crippen LogP) is 6.71. The van der Waals surface area contributed by atoms with Crippen molar-refractivity contribution in [3.63, 3.8) is 0 Å². The highest BCUT2D eigenvalue weighted by molar-refractivity contribution is 5.90. The van der Waals surface area contributed by atoms with E-state index in [-0.39, 0.29) is 37.6 Å². The highest BCUT2D eigenvalue weighted by Gasteiger charge is 2.33. The Bertz CT molecular complexity index is 1810. The van der Waals surface area contributed by atoms with E-state index in [4.69, 9.17) is 37.9 Å². The second-order valence-corrected chi connectivity index (χ2v) is 13.8. The van der Waals surface area contributed by atoms with Crippen LogP contribution in [0.5, 0.6) is 11.5 Å². The van der Waals surface area contributed by atoms with Gasteiger partial charge in [-0.15, -0.1) is 0 Å². The third-order valence-corrected chi connectivity index (χ3v) is 8.87. The molecule has 0 aliphatic heterocycles. The summed E-state index contributed by atoms with van der Waals surface area (Å²) >= 11 is 0. The maximum absolute atomic E-state index is 13.7. The van der Waals surface area contributed by atoms with Crippen LogP contribution >= 0.6 is 0 Å². The first-order chi connectivity index (χ1) is 30.2. The number of hydrogen-bond acceptors (Lipinski definition) is 14. The minimum Gasteiger partial charge on any atom is -0.494 e. The fourth-order valence-electron chi connectivity index (χ4n) is 5.64. The van der Waals surface area contributed by atoms with E-state index in [1.54, 1.807) is 72.8 Å². The van der Waals surface area contributed by atoms with E-state index in [1.807, 2.05) is 36.4 Å². The van der Waals surface area contributed by atoms with Crippen LogP contribution in [0.1, 0.15) is 69.7 Å². The Hall–Kier alpha value is -6.32. The molecule has 62 heavy (non-hydrogen) atoms. The molecule has 2 unspecified atom stereocenters. The first-order valence-corrected chi connectivity index (χ1v) is 20.2. The zero-order valence-corrected chi connectivity index (χ0v) is 34.5. The van der Waals surface area contributed by atoms with E-state index in [9.17, 15) is 29.4 Å². The highest BCUT2D eigenvalue weighted by Crippen LogP contribution is 2.37. The molecule has 0 spiro atoms. The van der Waals surface area contributed by atoms with Gasteiger partial charge in [0.15, 0.2) is 12.2 Å². The average molecular weight is 855 g/mol. The van der Waals surface area contributed by atoms with Crippen molar-refractivity contribution >= 4 is 23.9 Å². The van der Waals surface area contributed by atoms with Crippen LogP contribution in [0.4, 0.5) is 0 Å². The van der Waals surface area contributed by atoms with Crippen LogP contribution in [0, 0.1) is 0 Å². The first kappa shape index (κ1) is 48.3. The number of carbonyl (C=O) groups is 4. The fourth-order valence-corrected chi connectivity index (χ4v) is 5.64. The number of benzene rings is 4. The van der Waals surface area contributed by atoms with Gasteiger partial charge in [0.2, 0.25) is 0 Å². The maximum atomic E-state index is 13.7. The molecule has 0 saturated heterocycles. The van der Waals surface area contributed by atoms with E-state index in [0.717, 1.165) is 12.2 Å². The second kappa shape index (κ2) is 27.5. The topological polar surface area (TPSA) is 183 Å². The Balaban J connectivity index is 1.29. The van der Waals surface area contributed by atoms with E-state index < -0.39 is 48.3 Å². The molecular weight excluding hydrogens is 801 g/mol. The minimum absolute atomic E-state index is 0.0311. The minimum atomic E-state index is -1.01. The third kappa shape index (κ3) is 17.7. The number of unbranched alkanes of at least 4 members (excludes halogenated alkanes) is 2. The predicted molar refractivity (Wildman–Crippen MR) is 228 cm³/mol. The lowest BCUT2D eigenvalue weighted by molar-refractivity contribution is -0.142. The van der Waals surface area contributed by atoms with E-state index >= 15 is 0 Å². The molecule has 0 aliphatic carbocycles. The molecule has 0 saturated carbocycles.